The van der Waals surface area contributed by atoms with Crippen LogP contribution in [-0.2, 0) is 10.3 Å². The van der Waals surface area contributed by atoms with E-state index in [0.29, 0.717) is 16.9 Å². The van der Waals surface area contributed by atoms with Crippen molar-refractivity contribution >= 4 is 28.4 Å². The summed E-state index contributed by atoms with van der Waals surface area (Å²) in [7, 11) is 0. The number of rotatable bonds is 3. The average Bonchev–Trinajstić information content (AvgIpc) is 3.13. The molecular formula is C16H20IN3O. The first kappa shape index (κ1) is 13.0. The van der Waals surface area contributed by atoms with E-state index in [2.05, 4.69) is 38.3 Å². The van der Waals surface area contributed by atoms with Crippen LogP contribution in [0.5, 0.6) is 0 Å². The zero-order valence-electron chi connectivity index (χ0n) is 12.1. The molecule has 5 aliphatic rings. The topological polar surface area (TPSA) is 38.1 Å². The maximum Gasteiger partial charge on any atom is 0.135 e. The molecule has 4 saturated carbocycles. The Bertz CT molecular complexity index is 604. The van der Waals surface area contributed by atoms with Crippen LogP contribution >= 0.6 is 22.6 Å². The zero-order valence-corrected chi connectivity index (χ0v) is 14.3. The Hall–Kier alpha value is -0.430. The molecule has 0 N–H and O–H groups in total. The molecule has 21 heavy (non-hydrogen) atoms. The summed E-state index contributed by atoms with van der Waals surface area (Å²) in [5, 5.41) is 0. The molecule has 1 aromatic rings. The molecule has 5 fully saturated rings. The highest BCUT2D eigenvalue weighted by molar-refractivity contribution is 14.1. The molecule has 0 radical (unpaired) electrons. The maximum absolute atomic E-state index is 11.4. The summed E-state index contributed by atoms with van der Waals surface area (Å²) >= 11 is 2.35. The molecule has 6 rings (SSSR count). The van der Waals surface area contributed by atoms with Gasteiger partial charge in [-0.3, -0.25) is 9.69 Å². The molecule has 1 aromatic heterocycles. The van der Waals surface area contributed by atoms with Gasteiger partial charge in [0.05, 0.1) is 5.54 Å². The van der Waals surface area contributed by atoms with E-state index in [1.165, 1.54) is 37.9 Å². The number of imidazole rings is 1. The van der Waals surface area contributed by atoms with Gasteiger partial charge in [0.2, 0.25) is 0 Å². The van der Waals surface area contributed by atoms with E-state index < -0.39 is 0 Å². The number of aromatic nitrogens is 2. The summed E-state index contributed by atoms with van der Waals surface area (Å²) < 4.78 is 3.68. The van der Waals surface area contributed by atoms with Crippen LogP contribution < -0.4 is 0 Å². The zero-order chi connectivity index (χ0) is 14.2. The summed E-state index contributed by atoms with van der Waals surface area (Å²) in [5.41, 5.74) is 0.799. The molecule has 2 heterocycles. The monoisotopic (exact) mass is 397 g/mol. The number of piperidine rings is 1. The number of Topliss-reactive ketones (excluding diaryl/α,β-unsaturated/α-hetero) is 1. The van der Waals surface area contributed by atoms with E-state index in [-0.39, 0.29) is 0 Å². The van der Waals surface area contributed by atoms with E-state index in [4.69, 9.17) is 4.98 Å². The van der Waals surface area contributed by atoms with Crippen molar-refractivity contribution in [3.8, 4) is 0 Å². The number of carbonyl (C=O) groups is 1. The fourth-order valence-corrected chi connectivity index (χ4v) is 5.40. The van der Waals surface area contributed by atoms with Crippen molar-refractivity contribution in [3.63, 3.8) is 0 Å². The molecule has 0 aromatic carbocycles. The lowest BCUT2D eigenvalue weighted by Crippen LogP contribution is -2.79. The number of hydrogen-bond donors (Lipinski definition) is 0. The smallest absolute Gasteiger partial charge is 0.135 e. The summed E-state index contributed by atoms with van der Waals surface area (Å²) in [6, 6.07) is 0. The van der Waals surface area contributed by atoms with Crippen LogP contribution in [0.4, 0.5) is 0 Å². The van der Waals surface area contributed by atoms with Gasteiger partial charge in [0.1, 0.15) is 15.3 Å². The average molecular weight is 397 g/mol. The lowest BCUT2D eigenvalue weighted by molar-refractivity contribution is -0.210. The molecule has 4 nitrogen and oxygen atoms in total. The molecule has 0 spiro atoms. The SMILES string of the molecule is O=C1CCN(C23CC(n4cc(I)nc4C4CC4)(C2)C3)CC1. The van der Waals surface area contributed by atoms with Crippen LogP contribution in [-0.4, -0.2) is 38.9 Å². The Balaban J connectivity index is 1.35. The quantitative estimate of drug-likeness (QED) is 0.737. The lowest BCUT2D eigenvalue weighted by atomic mass is 9.43. The minimum atomic E-state index is 0.371. The fourth-order valence-electron chi connectivity index (χ4n) is 4.88. The molecule has 4 aliphatic carbocycles. The number of likely N-dealkylation sites (tertiary alicyclic amines) is 1. The number of ketones is 1. The van der Waals surface area contributed by atoms with Crippen LogP contribution in [0.15, 0.2) is 6.20 Å². The number of nitrogens with zero attached hydrogens (tertiary/aromatic N) is 3. The van der Waals surface area contributed by atoms with Crippen LogP contribution in [0.25, 0.3) is 0 Å². The van der Waals surface area contributed by atoms with Gasteiger partial charge in [0.15, 0.2) is 0 Å². The van der Waals surface area contributed by atoms with Gasteiger partial charge in [-0.25, -0.2) is 4.98 Å². The van der Waals surface area contributed by atoms with Crippen molar-refractivity contribution in [2.45, 2.75) is 61.9 Å². The summed E-state index contributed by atoms with van der Waals surface area (Å²) in [6.07, 6.45) is 10.3. The van der Waals surface area contributed by atoms with Crippen LogP contribution in [0.2, 0.25) is 0 Å². The minimum Gasteiger partial charge on any atom is -0.327 e. The third-order valence-corrected chi connectivity index (χ3v) is 6.64. The fraction of sp³-hybridized carbons (Fsp3) is 0.750. The Morgan fingerprint density at radius 2 is 1.81 bits per heavy atom. The van der Waals surface area contributed by atoms with Gasteiger partial charge in [-0.1, -0.05) is 0 Å². The van der Waals surface area contributed by atoms with Crippen molar-refractivity contribution in [1.29, 1.82) is 0 Å². The van der Waals surface area contributed by atoms with Crippen LogP contribution in [0.3, 0.4) is 0 Å². The molecular weight excluding hydrogens is 377 g/mol. The highest BCUT2D eigenvalue weighted by atomic mass is 127. The van der Waals surface area contributed by atoms with Gasteiger partial charge in [0, 0.05) is 43.6 Å². The van der Waals surface area contributed by atoms with E-state index in [9.17, 15) is 4.79 Å². The Morgan fingerprint density at radius 1 is 1.14 bits per heavy atom. The predicted octanol–water partition coefficient (Wildman–Crippen LogP) is 2.66. The summed E-state index contributed by atoms with van der Waals surface area (Å²) in [4.78, 5) is 18.8. The molecule has 5 heteroatoms. The van der Waals surface area contributed by atoms with Crippen molar-refractivity contribution < 1.29 is 4.79 Å². The van der Waals surface area contributed by atoms with Crippen molar-refractivity contribution in [1.82, 2.24) is 14.5 Å². The van der Waals surface area contributed by atoms with Gasteiger partial charge in [-0.15, -0.1) is 0 Å². The summed E-state index contributed by atoms with van der Waals surface area (Å²) in [6.45, 7) is 1.98. The van der Waals surface area contributed by atoms with Gasteiger partial charge < -0.3 is 4.57 Å². The normalized spacial score (nSPS) is 39.0. The first-order valence-corrected chi connectivity index (χ1v) is 9.20. The maximum atomic E-state index is 11.4. The molecule has 0 unspecified atom stereocenters. The van der Waals surface area contributed by atoms with Gasteiger partial charge in [-0.05, 0) is 54.7 Å². The third kappa shape index (κ3) is 1.76. The lowest BCUT2D eigenvalue weighted by Gasteiger charge is -2.74. The molecule has 2 bridgehead atoms. The third-order valence-electron chi connectivity index (χ3n) is 6.12. The second kappa shape index (κ2) is 4.10. The molecule has 1 aliphatic heterocycles. The Kier molecular flexibility index (Phi) is 2.55. The molecule has 1 saturated heterocycles. The minimum absolute atomic E-state index is 0.371. The number of halogens is 1. The van der Waals surface area contributed by atoms with E-state index >= 15 is 0 Å². The first-order chi connectivity index (χ1) is 10.1. The van der Waals surface area contributed by atoms with Gasteiger partial charge >= 0.3 is 0 Å². The molecule has 0 atom stereocenters. The summed E-state index contributed by atoms with van der Waals surface area (Å²) in [5.74, 6) is 2.53. The highest BCUT2D eigenvalue weighted by Crippen LogP contribution is 2.69. The number of carbonyl (C=O) groups excluding carboxylic acids is 1. The standard InChI is InChI=1S/C16H20IN3O/c17-13-7-20(14(18-13)11-1-2-11)16-8-15(9-16,10-16)19-5-3-12(21)4-6-19/h7,11H,1-6,8-10H2. The van der Waals surface area contributed by atoms with Gasteiger partial charge in [-0.2, -0.15) is 0 Å². The first-order valence-electron chi connectivity index (χ1n) is 8.12. The van der Waals surface area contributed by atoms with E-state index in [1.54, 1.807) is 0 Å². The predicted molar refractivity (Wildman–Crippen MR) is 87.3 cm³/mol. The molecule has 0 amide bonds. The second-order valence-electron chi connectivity index (χ2n) is 7.57. The van der Waals surface area contributed by atoms with Gasteiger partial charge in [0.25, 0.3) is 0 Å². The van der Waals surface area contributed by atoms with Crippen molar-refractivity contribution in [2.24, 2.45) is 0 Å². The van der Waals surface area contributed by atoms with Crippen LogP contribution in [0.1, 0.15) is 56.7 Å². The number of hydrogen-bond acceptors (Lipinski definition) is 3. The van der Waals surface area contributed by atoms with E-state index in [1.807, 2.05) is 0 Å². The van der Waals surface area contributed by atoms with Crippen molar-refractivity contribution in [3.05, 3.63) is 15.7 Å². The van der Waals surface area contributed by atoms with Crippen LogP contribution in [0, 0.1) is 3.70 Å². The van der Waals surface area contributed by atoms with Crippen molar-refractivity contribution in [2.75, 3.05) is 13.1 Å². The largest absolute Gasteiger partial charge is 0.327 e. The Labute approximate surface area is 138 Å². The van der Waals surface area contributed by atoms with E-state index in [0.717, 1.165) is 35.5 Å². The highest BCUT2D eigenvalue weighted by Gasteiger charge is 2.71. The molecule has 112 valence electrons. The Morgan fingerprint density at radius 3 is 2.43 bits per heavy atom. The second-order valence-corrected chi connectivity index (χ2v) is 8.68.